The van der Waals surface area contributed by atoms with Gasteiger partial charge in [-0.1, -0.05) is 90.7 Å². The molecule has 1 atom stereocenters. The molecule has 1 aliphatic rings. The average molecular weight is 315 g/mol. The molecule has 0 bridgehead atoms. The topological polar surface area (TPSA) is 0 Å². The first-order valence-corrected chi connectivity index (χ1v) is 9.28. The molecule has 0 heteroatoms. The van der Waals surface area contributed by atoms with Gasteiger partial charge in [0.15, 0.2) is 0 Å². The summed E-state index contributed by atoms with van der Waals surface area (Å²) in [4.78, 5) is 0. The Labute approximate surface area is 146 Å². The van der Waals surface area contributed by atoms with Crippen LogP contribution < -0.4 is 0 Å². The van der Waals surface area contributed by atoms with Gasteiger partial charge in [-0.2, -0.15) is 0 Å². The van der Waals surface area contributed by atoms with Crippen molar-refractivity contribution in [3.05, 3.63) is 71.4 Å². The number of hydrogen-bond donors (Lipinski definition) is 0. The summed E-state index contributed by atoms with van der Waals surface area (Å²) in [5.41, 5.74) is 5.47. The molecule has 0 N–H and O–H groups in total. The van der Waals surface area contributed by atoms with Crippen LogP contribution in [0.2, 0.25) is 0 Å². The summed E-state index contributed by atoms with van der Waals surface area (Å²) in [6, 6.07) is 0. The van der Waals surface area contributed by atoms with Gasteiger partial charge in [0.2, 0.25) is 0 Å². The van der Waals surface area contributed by atoms with Gasteiger partial charge in [0.1, 0.15) is 0 Å². The zero-order valence-corrected chi connectivity index (χ0v) is 16.7. The van der Waals surface area contributed by atoms with Gasteiger partial charge in [-0.15, -0.1) is 0 Å². The molecule has 0 amide bonds. The predicted octanol–water partition coefficient (Wildman–Crippen LogP) is 7.98. The van der Waals surface area contributed by atoms with Gasteiger partial charge in [0.05, 0.1) is 0 Å². The van der Waals surface area contributed by atoms with Crippen LogP contribution in [0.25, 0.3) is 0 Å². The Balaban J connectivity index is 0. The SMILES string of the molecule is C=CC1=C(/C=C\C)C(CC)C(/C=C\CC)=C1/C=C\C.CC.CC. The first-order chi connectivity index (χ1) is 11.2. The minimum Gasteiger partial charge on any atom is -0.0984 e. The Bertz CT molecular complexity index is 464. The van der Waals surface area contributed by atoms with Crippen molar-refractivity contribution in [3.8, 4) is 0 Å². The molecule has 0 radical (unpaired) electrons. The smallest absolute Gasteiger partial charge is 0.00987 e. The van der Waals surface area contributed by atoms with E-state index in [0.29, 0.717) is 5.92 Å². The Kier molecular flexibility index (Phi) is 15.8. The van der Waals surface area contributed by atoms with Crippen LogP contribution in [0, 0.1) is 5.92 Å². The van der Waals surface area contributed by atoms with E-state index in [0.717, 1.165) is 12.8 Å². The molecule has 0 saturated heterocycles. The van der Waals surface area contributed by atoms with E-state index in [4.69, 9.17) is 0 Å². The Morgan fingerprint density at radius 3 is 1.74 bits per heavy atom. The summed E-state index contributed by atoms with van der Waals surface area (Å²) in [7, 11) is 0. The molecule has 0 aromatic heterocycles. The lowest BCUT2D eigenvalue weighted by atomic mass is 9.91. The lowest BCUT2D eigenvalue weighted by molar-refractivity contribution is 0.724. The van der Waals surface area contributed by atoms with Gasteiger partial charge >= 0.3 is 0 Å². The quantitative estimate of drug-likeness (QED) is 0.466. The number of hydrogen-bond acceptors (Lipinski definition) is 0. The van der Waals surface area contributed by atoms with Gasteiger partial charge in [-0.25, -0.2) is 0 Å². The fraction of sp³-hybridized carbons (Fsp3) is 0.478. The lowest BCUT2D eigenvalue weighted by Crippen LogP contribution is -2.00. The third kappa shape index (κ3) is 6.60. The first kappa shape index (κ1) is 23.7. The number of rotatable bonds is 6. The van der Waals surface area contributed by atoms with Crippen molar-refractivity contribution < 1.29 is 0 Å². The fourth-order valence-electron chi connectivity index (χ4n) is 2.71. The molecule has 130 valence electrons. The van der Waals surface area contributed by atoms with Crippen LogP contribution in [0.4, 0.5) is 0 Å². The molecule has 1 unspecified atom stereocenters. The van der Waals surface area contributed by atoms with Crippen molar-refractivity contribution in [3.63, 3.8) is 0 Å². The van der Waals surface area contributed by atoms with E-state index in [1.807, 2.05) is 33.8 Å². The molecule has 1 rings (SSSR count). The van der Waals surface area contributed by atoms with Crippen molar-refractivity contribution in [2.75, 3.05) is 0 Å². The lowest BCUT2D eigenvalue weighted by Gasteiger charge is -2.13. The summed E-state index contributed by atoms with van der Waals surface area (Å²) in [6.45, 7) is 20.6. The van der Waals surface area contributed by atoms with Crippen molar-refractivity contribution >= 4 is 0 Å². The second kappa shape index (κ2) is 15.3. The second-order valence-corrected chi connectivity index (χ2v) is 4.71. The minimum absolute atomic E-state index is 0.498. The van der Waals surface area contributed by atoms with E-state index in [-0.39, 0.29) is 0 Å². The molecular formula is C23H38. The maximum atomic E-state index is 4.01. The zero-order chi connectivity index (χ0) is 18.3. The van der Waals surface area contributed by atoms with Crippen LogP contribution in [0.3, 0.4) is 0 Å². The molecule has 0 heterocycles. The summed E-state index contributed by atoms with van der Waals surface area (Å²) in [5.74, 6) is 0.498. The molecule has 0 aliphatic heterocycles. The molecule has 0 saturated carbocycles. The van der Waals surface area contributed by atoms with Gasteiger partial charge in [-0.3, -0.25) is 0 Å². The Hall–Kier alpha value is -1.56. The second-order valence-electron chi connectivity index (χ2n) is 4.71. The summed E-state index contributed by atoms with van der Waals surface area (Å²) >= 11 is 0. The third-order valence-electron chi connectivity index (χ3n) is 3.49. The van der Waals surface area contributed by atoms with Crippen molar-refractivity contribution in [1.29, 1.82) is 0 Å². The van der Waals surface area contributed by atoms with E-state index in [2.05, 4.69) is 70.7 Å². The molecule has 0 aromatic rings. The van der Waals surface area contributed by atoms with Crippen molar-refractivity contribution in [2.45, 2.75) is 68.2 Å². The molecule has 0 spiro atoms. The Morgan fingerprint density at radius 1 is 0.826 bits per heavy atom. The maximum Gasteiger partial charge on any atom is 0.00987 e. The van der Waals surface area contributed by atoms with E-state index < -0.39 is 0 Å². The van der Waals surface area contributed by atoms with Crippen molar-refractivity contribution in [2.24, 2.45) is 5.92 Å². The summed E-state index contributed by atoms with van der Waals surface area (Å²) in [5, 5.41) is 0. The van der Waals surface area contributed by atoms with Gasteiger partial charge in [0, 0.05) is 5.92 Å². The fourth-order valence-corrected chi connectivity index (χ4v) is 2.71. The summed E-state index contributed by atoms with van der Waals surface area (Å²) < 4.78 is 0. The van der Waals surface area contributed by atoms with E-state index in [1.54, 1.807) is 0 Å². The highest BCUT2D eigenvalue weighted by Gasteiger charge is 2.26. The first-order valence-electron chi connectivity index (χ1n) is 9.28. The zero-order valence-electron chi connectivity index (χ0n) is 16.7. The van der Waals surface area contributed by atoms with E-state index in [9.17, 15) is 0 Å². The van der Waals surface area contributed by atoms with Crippen LogP contribution in [0.5, 0.6) is 0 Å². The van der Waals surface area contributed by atoms with Crippen LogP contribution in [0.1, 0.15) is 68.2 Å². The average Bonchev–Trinajstić information content (AvgIpc) is 2.89. The molecule has 1 aliphatic carbocycles. The summed E-state index contributed by atoms with van der Waals surface area (Å²) in [6.07, 6.45) is 17.4. The van der Waals surface area contributed by atoms with E-state index >= 15 is 0 Å². The normalized spacial score (nSPS) is 17.7. The molecule has 0 fully saturated rings. The van der Waals surface area contributed by atoms with Crippen LogP contribution >= 0.6 is 0 Å². The molecule has 0 nitrogen and oxygen atoms in total. The predicted molar refractivity (Wildman–Crippen MR) is 110 cm³/mol. The maximum absolute atomic E-state index is 4.01. The van der Waals surface area contributed by atoms with Crippen LogP contribution in [-0.4, -0.2) is 0 Å². The minimum atomic E-state index is 0.498. The van der Waals surface area contributed by atoms with Crippen LogP contribution in [0.15, 0.2) is 71.4 Å². The standard InChI is InChI=1S/C19H26.2C2H6/c1-6-11-14-19-16(10-5)17(12-7-2)15(9-4)18(19)13-8-3;2*1-2/h7-9,11-14,16H,4,6,10H2,1-3,5H3;2*1-2H3/b12-7-,13-8-,14-11-;;. The third-order valence-corrected chi connectivity index (χ3v) is 3.49. The largest absolute Gasteiger partial charge is 0.0984 e. The highest BCUT2D eigenvalue weighted by Crippen LogP contribution is 2.41. The van der Waals surface area contributed by atoms with Gasteiger partial charge < -0.3 is 0 Å². The van der Waals surface area contributed by atoms with Crippen LogP contribution in [-0.2, 0) is 0 Å². The van der Waals surface area contributed by atoms with Gasteiger partial charge in [-0.05, 0) is 49.0 Å². The molecular weight excluding hydrogens is 276 g/mol. The van der Waals surface area contributed by atoms with Gasteiger partial charge in [0.25, 0.3) is 0 Å². The molecule has 23 heavy (non-hydrogen) atoms. The number of allylic oxidation sites excluding steroid dienone is 11. The monoisotopic (exact) mass is 314 g/mol. The molecule has 0 aromatic carbocycles. The van der Waals surface area contributed by atoms with E-state index in [1.165, 1.54) is 22.3 Å². The van der Waals surface area contributed by atoms with Crippen molar-refractivity contribution in [1.82, 2.24) is 0 Å². The Morgan fingerprint density at radius 2 is 1.35 bits per heavy atom. The highest BCUT2D eigenvalue weighted by molar-refractivity contribution is 5.64. The highest BCUT2D eigenvalue weighted by atomic mass is 14.3.